The van der Waals surface area contributed by atoms with Crippen LogP contribution in [0.4, 0.5) is 11.4 Å². The summed E-state index contributed by atoms with van der Waals surface area (Å²) in [5.74, 6) is 0.947. The fraction of sp³-hybridized carbons (Fsp3) is 0.263. The average Bonchev–Trinajstić information content (AvgIpc) is 2.71. The van der Waals surface area contributed by atoms with Crippen molar-refractivity contribution in [2.24, 2.45) is 15.7 Å². The average molecular weight is 419 g/mol. The molecular formula is C19H20Cl2N6O. The van der Waals surface area contributed by atoms with E-state index in [2.05, 4.69) is 20.2 Å². The van der Waals surface area contributed by atoms with Crippen LogP contribution in [0.25, 0.3) is 0 Å². The molecule has 0 aliphatic carbocycles. The highest BCUT2D eigenvalue weighted by molar-refractivity contribution is 6.31. The first-order valence-corrected chi connectivity index (χ1v) is 9.67. The van der Waals surface area contributed by atoms with E-state index in [1.165, 1.54) is 0 Å². The molecule has 1 fully saturated rings. The Kier molecular flexibility index (Phi) is 5.57. The lowest BCUT2D eigenvalue weighted by Crippen LogP contribution is -2.57. The lowest BCUT2D eigenvalue weighted by atomic mass is 10.2. The molecule has 1 saturated heterocycles. The Labute approximate surface area is 173 Å². The third kappa shape index (κ3) is 4.16. The van der Waals surface area contributed by atoms with E-state index in [0.29, 0.717) is 23.3 Å². The summed E-state index contributed by atoms with van der Waals surface area (Å²) in [6, 6.07) is 15.0. The van der Waals surface area contributed by atoms with Gasteiger partial charge in [0.05, 0.1) is 13.2 Å². The van der Waals surface area contributed by atoms with Gasteiger partial charge in [0.2, 0.25) is 18.2 Å². The SMILES string of the molecule is NC1=NC(Nc2ccc(Cl)cc2)N(c2ccc(Cl)cc2)C(N2CCOCC2)=N1. The number of hydrogen-bond donors (Lipinski definition) is 2. The Morgan fingerprint density at radius 2 is 1.57 bits per heavy atom. The standard InChI is InChI=1S/C19H20Cl2N6O/c20-13-1-5-15(6-2-13)23-18-24-17(22)25-19(26-9-11-28-12-10-26)27(18)16-7-3-14(21)4-8-16/h1-8,18,23H,9-12H2,(H2,22,24). The minimum atomic E-state index is -0.474. The first-order chi connectivity index (χ1) is 13.6. The van der Waals surface area contributed by atoms with Crippen molar-refractivity contribution in [2.45, 2.75) is 6.29 Å². The number of morpholine rings is 1. The summed E-state index contributed by atoms with van der Waals surface area (Å²) in [6.07, 6.45) is -0.474. The van der Waals surface area contributed by atoms with Gasteiger partial charge in [0.1, 0.15) is 0 Å². The van der Waals surface area contributed by atoms with Gasteiger partial charge >= 0.3 is 0 Å². The van der Waals surface area contributed by atoms with Crippen LogP contribution < -0.4 is 16.0 Å². The maximum Gasteiger partial charge on any atom is 0.222 e. The molecule has 3 N–H and O–H groups in total. The molecule has 2 aromatic rings. The number of anilines is 2. The number of nitrogens with one attached hydrogen (secondary N) is 1. The monoisotopic (exact) mass is 418 g/mol. The summed E-state index contributed by atoms with van der Waals surface area (Å²) < 4.78 is 5.49. The van der Waals surface area contributed by atoms with Gasteiger partial charge < -0.3 is 20.7 Å². The van der Waals surface area contributed by atoms with Crippen molar-refractivity contribution in [1.82, 2.24) is 4.90 Å². The zero-order valence-corrected chi connectivity index (χ0v) is 16.6. The molecule has 1 unspecified atom stereocenters. The smallest absolute Gasteiger partial charge is 0.222 e. The Morgan fingerprint density at radius 1 is 0.964 bits per heavy atom. The van der Waals surface area contributed by atoms with Crippen molar-refractivity contribution >= 4 is 46.5 Å². The van der Waals surface area contributed by atoms with Crippen LogP contribution >= 0.6 is 23.2 Å². The van der Waals surface area contributed by atoms with E-state index < -0.39 is 6.29 Å². The Balaban J connectivity index is 1.70. The lowest BCUT2D eigenvalue weighted by molar-refractivity contribution is 0.0671. The first kappa shape index (κ1) is 18.9. The summed E-state index contributed by atoms with van der Waals surface area (Å²) in [5.41, 5.74) is 7.83. The van der Waals surface area contributed by atoms with E-state index in [1.807, 2.05) is 53.4 Å². The van der Waals surface area contributed by atoms with Crippen LogP contribution in [0.3, 0.4) is 0 Å². The zero-order chi connectivity index (χ0) is 19.5. The van der Waals surface area contributed by atoms with Gasteiger partial charge in [-0.25, -0.2) is 4.99 Å². The van der Waals surface area contributed by atoms with E-state index in [0.717, 1.165) is 30.4 Å². The summed E-state index contributed by atoms with van der Waals surface area (Å²) in [5, 5.41) is 4.73. The molecule has 0 spiro atoms. The van der Waals surface area contributed by atoms with Crippen LogP contribution in [0.2, 0.25) is 10.0 Å². The fourth-order valence-electron chi connectivity index (χ4n) is 3.11. The molecule has 2 aliphatic heterocycles. The number of nitrogens with two attached hydrogens (primary N) is 1. The van der Waals surface area contributed by atoms with Crippen molar-refractivity contribution in [3.8, 4) is 0 Å². The minimum Gasteiger partial charge on any atom is -0.378 e. The summed E-state index contributed by atoms with van der Waals surface area (Å²) in [4.78, 5) is 13.2. The molecular weight excluding hydrogens is 399 g/mol. The number of aliphatic imine (C=N–C) groups is 2. The maximum atomic E-state index is 6.09. The number of nitrogens with zero attached hydrogens (tertiary/aromatic N) is 4. The molecule has 7 nitrogen and oxygen atoms in total. The third-order valence-electron chi connectivity index (χ3n) is 4.47. The fourth-order valence-corrected chi connectivity index (χ4v) is 3.37. The number of ether oxygens (including phenoxy) is 1. The topological polar surface area (TPSA) is 78.5 Å². The molecule has 146 valence electrons. The zero-order valence-electron chi connectivity index (χ0n) is 15.1. The highest BCUT2D eigenvalue weighted by atomic mass is 35.5. The van der Waals surface area contributed by atoms with Crippen LogP contribution in [0.1, 0.15) is 0 Å². The van der Waals surface area contributed by atoms with E-state index >= 15 is 0 Å². The molecule has 0 radical (unpaired) electrons. The number of benzene rings is 2. The number of guanidine groups is 2. The molecule has 0 aromatic heterocycles. The van der Waals surface area contributed by atoms with E-state index in [9.17, 15) is 0 Å². The summed E-state index contributed by atoms with van der Waals surface area (Å²) in [6.45, 7) is 2.73. The van der Waals surface area contributed by atoms with Crippen LogP contribution in [0.5, 0.6) is 0 Å². The van der Waals surface area contributed by atoms with Gasteiger partial charge in [0, 0.05) is 34.5 Å². The molecule has 4 rings (SSSR count). The van der Waals surface area contributed by atoms with E-state index in [4.69, 9.17) is 33.7 Å². The van der Waals surface area contributed by atoms with Gasteiger partial charge in [-0.3, -0.25) is 4.90 Å². The largest absolute Gasteiger partial charge is 0.378 e. The van der Waals surface area contributed by atoms with Gasteiger partial charge in [-0.05, 0) is 48.5 Å². The second-order valence-electron chi connectivity index (χ2n) is 6.37. The normalized spacial score (nSPS) is 19.9. The molecule has 28 heavy (non-hydrogen) atoms. The van der Waals surface area contributed by atoms with Crippen LogP contribution in [-0.2, 0) is 4.74 Å². The molecule has 0 amide bonds. The second-order valence-corrected chi connectivity index (χ2v) is 7.24. The Morgan fingerprint density at radius 3 is 2.21 bits per heavy atom. The van der Waals surface area contributed by atoms with Crippen LogP contribution in [0, 0.1) is 0 Å². The molecule has 2 aliphatic rings. The summed E-state index contributed by atoms with van der Waals surface area (Å²) in [7, 11) is 0. The van der Waals surface area contributed by atoms with Gasteiger partial charge in [-0.15, -0.1) is 0 Å². The molecule has 9 heteroatoms. The predicted molar refractivity (Wildman–Crippen MR) is 114 cm³/mol. The Hall–Kier alpha value is -2.48. The van der Waals surface area contributed by atoms with Gasteiger partial charge in [-0.1, -0.05) is 23.2 Å². The van der Waals surface area contributed by atoms with Crippen molar-refractivity contribution in [3.05, 3.63) is 58.6 Å². The minimum absolute atomic E-state index is 0.221. The Bertz CT molecular complexity index is 878. The summed E-state index contributed by atoms with van der Waals surface area (Å²) >= 11 is 12.1. The predicted octanol–water partition coefficient (Wildman–Crippen LogP) is 3.21. The second kappa shape index (κ2) is 8.26. The molecule has 2 aromatic carbocycles. The van der Waals surface area contributed by atoms with Crippen LogP contribution in [-0.4, -0.2) is 49.4 Å². The molecule has 2 heterocycles. The number of hydrogen-bond acceptors (Lipinski definition) is 7. The number of halogens is 2. The highest BCUT2D eigenvalue weighted by Crippen LogP contribution is 2.26. The third-order valence-corrected chi connectivity index (χ3v) is 4.97. The highest BCUT2D eigenvalue weighted by Gasteiger charge is 2.32. The molecule has 1 atom stereocenters. The van der Waals surface area contributed by atoms with E-state index in [-0.39, 0.29) is 5.96 Å². The van der Waals surface area contributed by atoms with E-state index in [1.54, 1.807) is 0 Å². The molecule has 0 bridgehead atoms. The van der Waals surface area contributed by atoms with Crippen molar-refractivity contribution in [3.63, 3.8) is 0 Å². The first-order valence-electron chi connectivity index (χ1n) is 8.92. The van der Waals surface area contributed by atoms with Crippen molar-refractivity contribution < 1.29 is 4.74 Å². The van der Waals surface area contributed by atoms with Crippen molar-refractivity contribution in [2.75, 3.05) is 36.5 Å². The van der Waals surface area contributed by atoms with Gasteiger partial charge in [0.15, 0.2) is 0 Å². The lowest BCUT2D eigenvalue weighted by Gasteiger charge is -2.41. The maximum absolute atomic E-state index is 6.09. The molecule has 0 saturated carbocycles. The van der Waals surface area contributed by atoms with Crippen molar-refractivity contribution in [1.29, 1.82) is 0 Å². The van der Waals surface area contributed by atoms with Crippen LogP contribution in [0.15, 0.2) is 58.5 Å². The van der Waals surface area contributed by atoms with Gasteiger partial charge in [0.25, 0.3) is 0 Å². The number of rotatable bonds is 3. The van der Waals surface area contributed by atoms with Gasteiger partial charge in [-0.2, -0.15) is 4.99 Å². The quantitative estimate of drug-likeness (QED) is 0.799.